The number of carboxylic acids is 3. The molecule has 0 fully saturated rings. The molecule has 0 saturated carbocycles. The molecule has 0 aliphatic rings. The minimum atomic E-state index is -1.85. The number of unbranched alkanes of at least 4 members (excludes halogenated alkanes) is 17. The molecule has 0 heterocycles. The van der Waals surface area contributed by atoms with E-state index in [9.17, 15) is 48.9 Å². The fraction of sp³-hybridized carbons (Fsp3) is 0.825. The van der Waals surface area contributed by atoms with E-state index >= 15 is 0 Å². The second-order valence-electron chi connectivity index (χ2n) is 14.4. The van der Waals surface area contributed by atoms with Gasteiger partial charge in [-0.15, -0.1) is 0 Å². The summed E-state index contributed by atoms with van der Waals surface area (Å²) in [6.07, 6.45) is 16.6. The summed E-state index contributed by atoms with van der Waals surface area (Å²) in [4.78, 5) is 90.4. The smallest absolute Gasteiger partial charge is 0.548 e. The van der Waals surface area contributed by atoms with Crippen LogP contribution >= 0.6 is 0 Å². The molecule has 4 amide bonds. The number of carbonyl (C=O) groups excluding carboxylic acids is 5. The maximum atomic E-state index is 14.2. The zero-order chi connectivity index (χ0) is 40.6. The number of nitrogens with one attached hydrogen (secondary N) is 2. The number of hydrogen-bond donors (Lipinski definition) is 5. The number of rotatable bonds is 36. The van der Waals surface area contributed by atoms with E-state index < -0.39 is 85.3 Å². The zero-order valence-electron chi connectivity index (χ0n) is 34.2. The van der Waals surface area contributed by atoms with Gasteiger partial charge in [0.05, 0.1) is 12.0 Å². The van der Waals surface area contributed by atoms with Gasteiger partial charge in [-0.2, -0.15) is 0 Å². The third kappa shape index (κ3) is 28.5. The fourth-order valence-corrected chi connectivity index (χ4v) is 6.36. The fourth-order valence-electron chi connectivity index (χ4n) is 6.36. The number of nitrogens with zero attached hydrogens (tertiary/aromatic N) is 1. The van der Waals surface area contributed by atoms with E-state index in [4.69, 9.17) is 5.73 Å². The number of hydrogen-bond acceptors (Lipinski definition) is 9. The van der Waals surface area contributed by atoms with Gasteiger partial charge in [0.15, 0.2) is 0 Å². The minimum Gasteiger partial charge on any atom is -0.548 e. The standard InChI is InChI=1S/C40H72N4O10.Na/c1-3-5-7-9-11-13-15-17-19-24-34(45)42-31(26-28-36(47)48)38(51)44(33(40(53)54)23-21-22-30-41)39(52)32(27-29-37(49)50)43-35(46)25-20-18-16-14-12-10-8-6-4-2;/h31-33H,3-30,41H2,1-2H3,(H,42,45)(H,43,46)(H,47,48)(H,49,50)(H,53,54);/q;+1/p-1/t31-,32-,33-;/m0./s1. The van der Waals surface area contributed by atoms with Crippen molar-refractivity contribution in [2.75, 3.05) is 6.54 Å². The van der Waals surface area contributed by atoms with Crippen LogP contribution in [0.2, 0.25) is 0 Å². The van der Waals surface area contributed by atoms with Crippen LogP contribution in [-0.2, 0) is 33.6 Å². The topological polar surface area (TPSA) is 236 Å². The molecule has 14 nitrogen and oxygen atoms in total. The second-order valence-corrected chi connectivity index (χ2v) is 14.4. The minimum absolute atomic E-state index is 0. The van der Waals surface area contributed by atoms with Crippen LogP contribution in [0.1, 0.15) is 187 Å². The summed E-state index contributed by atoms with van der Waals surface area (Å²) in [5, 5.41) is 36.4. The molecule has 55 heavy (non-hydrogen) atoms. The first-order valence-corrected chi connectivity index (χ1v) is 20.7. The van der Waals surface area contributed by atoms with Crippen molar-refractivity contribution in [1.82, 2.24) is 15.5 Å². The van der Waals surface area contributed by atoms with Gasteiger partial charge in [-0.1, -0.05) is 117 Å². The van der Waals surface area contributed by atoms with E-state index in [2.05, 4.69) is 24.5 Å². The summed E-state index contributed by atoms with van der Waals surface area (Å²) >= 11 is 0. The van der Waals surface area contributed by atoms with Crippen molar-refractivity contribution in [1.29, 1.82) is 0 Å². The maximum absolute atomic E-state index is 14.2. The molecule has 6 N–H and O–H groups in total. The molecule has 0 radical (unpaired) electrons. The Hall–Kier alpha value is -2.55. The molecule has 15 heteroatoms. The van der Waals surface area contributed by atoms with E-state index in [0.717, 1.165) is 64.2 Å². The Bertz CT molecular complexity index is 1040. The normalized spacial score (nSPS) is 12.5. The molecule has 0 aromatic carbocycles. The Morgan fingerprint density at radius 1 is 0.527 bits per heavy atom. The van der Waals surface area contributed by atoms with Crippen molar-refractivity contribution in [3.8, 4) is 0 Å². The predicted octanol–water partition coefficient (Wildman–Crippen LogP) is 2.13. The molecule has 0 unspecified atom stereocenters. The van der Waals surface area contributed by atoms with Crippen molar-refractivity contribution in [2.45, 2.75) is 205 Å². The molecular formula is C40H71N4NaO10. The monoisotopic (exact) mass is 791 g/mol. The number of aliphatic carboxylic acids is 3. The Balaban J connectivity index is 0. The van der Waals surface area contributed by atoms with Gasteiger partial charge in [0, 0.05) is 25.7 Å². The molecule has 3 atom stereocenters. The summed E-state index contributed by atoms with van der Waals surface area (Å²) in [6, 6.07) is -5.00. The van der Waals surface area contributed by atoms with E-state index in [1.54, 1.807) is 0 Å². The molecule has 0 aromatic rings. The number of nitrogens with two attached hydrogens (primary N) is 1. The van der Waals surface area contributed by atoms with Crippen molar-refractivity contribution >= 4 is 41.5 Å². The molecular weight excluding hydrogens is 719 g/mol. The number of amides is 4. The second kappa shape index (κ2) is 35.8. The van der Waals surface area contributed by atoms with E-state index in [1.165, 1.54) is 38.5 Å². The Morgan fingerprint density at radius 2 is 0.873 bits per heavy atom. The van der Waals surface area contributed by atoms with Crippen LogP contribution in [0.15, 0.2) is 0 Å². The van der Waals surface area contributed by atoms with Crippen molar-refractivity contribution < 1.29 is 78.4 Å². The largest absolute Gasteiger partial charge is 1.00 e. The Labute approximate surface area is 351 Å². The molecule has 0 rings (SSSR count). The average molecular weight is 791 g/mol. The van der Waals surface area contributed by atoms with Gasteiger partial charge in [-0.05, 0) is 51.5 Å². The Morgan fingerprint density at radius 3 is 1.18 bits per heavy atom. The van der Waals surface area contributed by atoms with Crippen LogP contribution in [0.4, 0.5) is 0 Å². The molecule has 0 saturated heterocycles. The first kappa shape index (κ1) is 54.5. The van der Waals surface area contributed by atoms with Gasteiger partial charge in [0.25, 0.3) is 11.8 Å². The average Bonchev–Trinajstić information content (AvgIpc) is 3.12. The van der Waals surface area contributed by atoms with Crippen molar-refractivity contribution in [3.05, 3.63) is 0 Å². The first-order chi connectivity index (χ1) is 25.9. The number of carboxylic acid groups (broad SMARTS) is 3. The summed E-state index contributed by atoms with van der Waals surface area (Å²) in [6.45, 7) is 4.52. The van der Waals surface area contributed by atoms with Crippen LogP contribution in [0, 0.1) is 0 Å². The van der Waals surface area contributed by atoms with Crippen LogP contribution in [0.3, 0.4) is 0 Å². The maximum Gasteiger partial charge on any atom is 1.00 e. The Kier molecular flexibility index (Phi) is 35.5. The molecule has 0 bridgehead atoms. The molecule has 0 aliphatic carbocycles. The van der Waals surface area contributed by atoms with Crippen molar-refractivity contribution in [3.63, 3.8) is 0 Å². The summed E-state index contributed by atoms with van der Waals surface area (Å²) in [5.74, 6) is -7.78. The number of carbonyl (C=O) groups is 7. The van der Waals surface area contributed by atoms with Gasteiger partial charge in [-0.3, -0.25) is 33.7 Å². The van der Waals surface area contributed by atoms with Gasteiger partial charge in [0.1, 0.15) is 12.1 Å². The quantitative estimate of drug-likeness (QED) is 0.0455. The summed E-state index contributed by atoms with van der Waals surface area (Å²) in [5.41, 5.74) is 5.59. The molecule has 0 aliphatic heterocycles. The van der Waals surface area contributed by atoms with Gasteiger partial charge >= 0.3 is 41.5 Å². The zero-order valence-corrected chi connectivity index (χ0v) is 36.2. The van der Waals surface area contributed by atoms with Gasteiger partial charge in [0.2, 0.25) is 11.8 Å². The predicted molar refractivity (Wildman–Crippen MR) is 205 cm³/mol. The first-order valence-electron chi connectivity index (χ1n) is 20.7. The van der Waals surface area contributed by atoms with E-state index in [-0.39, 0.29) is 61.8 Å². The molecule has 0 aromatic heterocycles. The summed E-state index contributed by atoms with van der Waals surface area (Å²) < 4.78 is 0. The third-order valence-corrected chi connectivity index (χ3v) is 9.57. The van der Waals surface area contributed by atoms with Gasteiger partial charge < -0.3 is 36.5 Å². The van der Waals surface area contributed by atoms with E-state index in [0.29, 0.717) is 24.2 Å². The number of imide groups is 1. The molecule has 312 valence electrons. The van der Waals surface area contributed by atoms with Crippen LogP contribution in [0.25, 0.3) is 0 Å². The van der Waals surface area contributed by atoms with Crippen LogP contribution in [-0.4, -0.2) is 81.3 Å². The SMILES string of the molecule is CCCCCCCCCCCC(=O)N[C@@H](CCC(=O)O)C(=O)N(C(=O)[C@H](CCC(=O)O)NC(=O)CCCCCCCCCCC)[C@@H](CCCCN)C(=O)[O-].[Na+]. The van der Waals surface area contributed by atoms with Gasteiger partial charge in [-0.25, -0.2) is 0 Å². The van der Waals surface area contributed by atoms with Crippen LogP contribution < -0.4 is 51.0 Å². The molecule has 0 spiro atoms. The van der Waals surface area contributed by atoms with Crippen LogP contribution in [0.5, 0.6) is 0 Å². The van der Waals surface area contributed by atoms with E-state index in [1.807, 2.05) is 0 Å². The summed E-state index contributed by atoms with van der Waals surface area (Å²) in [7, 11) is 0. The third-order valence-electron chi connectivity index (χ3n) is 9.57. The van der Waals surface area contributed by atoms with Crippen molar-refractivity contribution in [2.24, 2.45) is 5.73 Å².